The molecule has 0 N–H and O–H groups in total. The summed E-state index contributed by atoms with van der Waals surface area (Å²) in [6, 6.07) is 61.5. The number of fused-ring (bicyclic) bond motifs is 3. The van der Waals surface area contributed by atoms with E-state index in [0.29, 0.717) is 45.4 Å². The van der Waals surface area contributed by atoms with Gasteiger partial charge in [0.2, 0.25) is 0 Å². The van der Waals surface area contributed by atoms with Crippen molar-refractivity contribution in [3.8, 4) is 85.4 Å². The second-order valence-corrected chi connectivity index (χ2v) is 15.0. The van der Waals surface area contributed by atoms with Gasteiger partial charge < -0.3 is 4.57 Å². The summed E-state index contributed by atoms with van der Waals surface area (Å²) in [7, 11) is 0. The molecule has 63 heavy (non-hydrogen) atoms. The summed E-state index contributed by atoms with van der Waals surface area (Å²) in [5.41, 5.74) is 8.69. The second kappa shape index (κ2) is 15.7. The normalized spacial score (nSPS) is 11.4. The molecule has 0 amide bonds. The van der Waals surface area contributed by atoms with Crippen molar-refractivity contribution in [2.75, 3.05) is 0 Å². The fraction of sp³-hybridized carbons (Fsp3) is 0.0185. The monoisotopic (exact) mass is 820 g/mol. The summed E-state index contributed by atoms with van der Waals surface area (Å²) in [4.78, 5) is 15.0. The number of halogens is 3. The van der Waals surface area contributed by atoms with Crippen LogP contribution in [0.25, 0.3) is 95.0 Å². The summed E-state index contributed by atoms with van der Waals surface area (Å²) >= 11 is 0. The van der Waals surface area contributed by atoms with Gasteiger partial charge in [-0.1, -0.05) is 121 Å². The van der Waals surface area contributed by atoms with Crippen molar-refractivity contribution in [2.24, 2.45) is 0 Å². The topological polar surface area (TPSA) is 91.2 Å². The van der Waals surface area contributed by atoms with E-state index >= 15 is 0 Å². The van der Waals surface area contributed by atoms with E-state index in [4.69, 9.17) is 15.0 Å². The van der Waals surface area contributed by atoms with Crippen LogP contribution in [0.15, 0.2) is 188 Å². The smallest absolute Gasteiger partial charge is 0.308 e. The number of hydrogen-bond donors (Lipinski definition) is 0. The second-order valence-electron chi connectivity index (χ2n) is 15.0. The lowest BCUT2D eigenvalue weighted by Gasteiger charge is -2.18. The molecular weight excluding hydrogens is 790 g/mol. The summed E-state index contributed by atoms with van der Waals surface area (Å²) in [6.07, 6.45) is -4.60. The highest BCUT2D eigenvalue weighted by Gasteiger charge is 2.33. The fourth-order valence-electron chi connectivity index (χ4n) is 8.10. The van der Waals surface area contributed by atoms with Crippen LogP contribution in [-0.2, 0) is 6.18 Å². The predicted molar refractivity (Wildman–Crippen MR) is 241 cm³/mol. The molecule has 0 aliphatic rings. The van der Waals surface area contributed by atoms with E-state index < -0.39 is 11.7 Å². The molecule has 10 rings (SSSR count). The molecule has 0 saturated carbocycles. The standard InChI is InChI=1S/C54H31F3N6/c55-54(56,57)47-14-8-7-13-43(47)42-23-26-44(53-61-51(38-9-3-1-4-10-38)60-52(62-53)39-11-5-2-6-12-39)50(31-42)63-48-27-24-40(36-19-15-34(32-58)16-20-36)29-45(48)46-30-41(25-28-49(46)63)37-21-17-35(33-59)18-22-37/h1-31H. The van der Waals surface area contributed by atoms with Gasteiger partial charge in [0.15, 0.2) is 17.5 Å². The minimum absolute atomic E-state index is 0.0374. The highest BCUT2D eigenvalue weighted by atomic mass is 19.4. The first kappa shape index (κ1) is 38.5. The largest absolute Gasteiger partial charge is 0.417 e. The van der Waals surface area contributed by atoms with Gasteiger partial charge in [-0.15, -0.1) is 0 Å². The molecule has 298 valence electrons. The minimum atomic E-state index is -4.60. The Balaban J connectivity index is 1.29. The summed E-state index contributed by atoms with van der Waals surface area (Å²) in [5, 5.41) is 20.7. The van der Waals surface area contributed by atoms with Crippen molar-refractivity contribution in [2.45, 2.75) is 6.18 Å². The third-order valence-corrected chi connectivity index (χ3v) is 11.2. The molecule has 0 bridgehead atoms. The quantitative estimate of drug-likeness (QED) is 0.160. The third-order valence-electron chi connectivity index (χ3n) is 11.2. The van der Waals surface area contributed by atoms with Gasteiger partial charge in [-0.25, -0.2) is 15.0 Å². The molecule has 0 spiro atoms. The van der Waals surface area contributed by atoms with Gasteiger partial charge in [0.05, 0.1) is 45.5 Å². The van der Waals surface area contributed by atoms with Crippen LogP contribution in [0.2, 0.25) is 0 Å². The van der Waals surface area contributed by atoms with E-state index in [9.17, 15) is 23.7 Å². The molecule has 0 atom stereocenters. The molecule has 9 heteroatoms. The molecule has 0 unspecified atom stereocenters. The van der Waals surface area contributed by atoms with Crippen LogP contribution in [-0.4, -0.2) is 19.5 Å². The van der Waals surface area contributed by atoms with Crippen molar-refractivity contribution >= 4 is 21.8 Å². The van der Waals surface area contributed by atoms with Crippen LogP contribution in [0.5, 0.6) is 0 Å². The van der Waals surface area contributed by atoms with E-state index in [0.717, 1.165) is 61.3 Å². The Hall–Kier alpha value is -8.66. The fourth-order valence-corrected chi connectivity index (χ4v) is 8.10. The SMILES string of the molecule is N#Cc1ccc(-c2ccc3c(c2)c2cc(-c4ccc(C#N)cc4)ccc2n3-c2cc(-c3ccccc3C(F)(F)F)ccc2-c2nc(-c3ccccc3)nc(-c3ccccc3)n2)cc1. The van der Waals surface area contributed by atoms with Gasteiger partial charge >= 0.3 is 6.18 Å². The van der Waals surface area contributed by atoms with Crippen molar-refractivity contribution < 1.29 is 13.2 Å². The van der Waals surface area contributed by atoms with Crippen molar-refractivity contribution in [3.63, 3.8) is 0 Å². The lowest BCUT2D eigenvalue weighted by Crippen LogP contribution is -2.07. The number of rotatable bonds is 7. The van der Waals surface area contributed by atoms with E-state index in [-0.39, 0.29) is 5.56 Å². The molecule has 6 nitrogen and oxygen atoms in total. The molecular formula is C54H31F3N6. The predicted octanol–water partition coefficient (Wildman–Crippen LogP) is 13.7. The summed E-state index contributed by atoms with van der Waals surface area (Å²) < 4.78 is 46.0. The molecule has 0 aliphatic heterocycles. The van der Waals surface area contributed by atoms with Gasteiger partial charge in [0, 0.05) is 27.5 Å². The van der Waals surface area contributed by atoms with Gasteiger partial charge in [0.25, 0.3) is 0 Å². The van der Waals surface area contributed by atoms with E-state index in [2.05, 4.69) is 28.8 Å². The van der Waals surface area contributed by atoms with E-state index in [1.165, 1.54) is 12.1 Å². The Morgan fingerprint density at radius 2 is 0.841 bits per heavy atom. The average molecular weight is 821 g/mol. The van der Waals surface area contributed by atoms with Crippen molar-refractivity contribution in [1.29, 1.82) is 10.5 Å². The zero-order valence-corrected chi connectivity index (χ0v) is 33.2. The highest BCUT2D eigenvalue weighted by molar-refractivity contribution is 6.12. The zero-order valence-electron chi connectivity index (χ0n) is 33.2. The van der Waals surface area contributed by atoms with Gasteiger partial charge in [-0.05, 0) is 100 Å². The molecule has 8 aromatic carbocycles. The maximum absolute atomic E-state index is 14.7. The lowest BCUT2D eigenvalue weighted by atomic mass is 9.96. The number of nitrogens with zero attached hydrogens (tertiary/aromatic N) is 6. The molecule has 0 radical (unpaired) electrons. The summed E-state index contributed by atoms with van der Waals surface area (Å²) in [5.74, 6) is 1.23. The maximum Gasteiger partial charge on any atom is 0.417 e. The van der Waals surface area contributed by atoms with Crippen molar-refractivity contribution in [1.82, 2.24) is 19.5 Å². The number of benzene rings is 8. The minimum Gasteiger partial charge on any atom is -0.308 e. The first-order chi connectivity index (χ1) is 30.7. The number of aromatic nitrogens is 4. The molecule has 10 aromatic rings. The number of hydrogen-bond acceptors (Lipinski definition) is 5. The molecule has 2 aromatic heterocycles. The first-order valence-electron chi connectivity index (χ1n) is 20.0. The molecule has 0 fully saturated rings. The highest BCUT2D eigenvalue weighted by Crippen LogP contribution is 2.43. The Kier molecular flexibility index (Phi) is 9.63. The maximum atomic E-state index is 14.7. The van der Waals surface area contributed by atoms with Gasteiger partial charge in [-0.3, -0.25) is 0 Å². The van der Waals surface area contributed by atoms with E-state index in [1.54, 1.807) is 48.5 Å². The number of nitriles is 2. The molecule has 0 saturated heterocycles. The molecule has 0 aliphatic carbocycles. The Morgan fingerprint density at radius 1 is 0.397 bits per heavy atom. The van der Waals surface area contributed by atoms with Crippen LogP contribution < -0.4 is 0 Å². The van der Waals surface area contributed by atoms with E-state index in [1.807, 2.05) is 109 Å². The Labute approximate surface area is 360 Å². The van der Waals surface area contributed by atoms with Crippen LogP contribution in [0.4, 0.5) is 13.2 Å². The summed E-state index contributed by atoms with van der Waals surface area (Å²) in [6.45, 7) is 0. The zero-order chi connectivity index (χ0) is 43.1. The van der Waals surface area contributed by atoms with Gasteiger partial charge in [-0.2, -0.15) is 23.7 Å². The average Bonchev–Trinajstić information content (AvgIpc) is 3.67. The molecule has 2 heterocycles. The van der Waals surface area contributed by atoms with Crippen LogP contribution in [0.1, 0.15) is 16.7 Å². The van der Waals surface area contributed by atoms with Crippen LogP contribution >= 0.6 is 0 Å². The van der Waals surface area contributed by atoms with Crippen LogP contribution in [0.3, 0.4) is 0 Å². The van der Waals surface area contributed by atoms with Gasteiger partial charge in [0.1, 0.15) is 0 Å². The Morgan fingerprint density at radius 3 is 1.33 bits per heavy atom. The Bertz CT molecular complexity index is 3260. The van der Waals surface area contributed by atoms with Crippen molar-refractivity contribution in [3.05, 3.63) is 205 Å². The third kappa shape index (κ3) is 7.24. The number of alkyl halides is 3. The first-order valence-corrected chi connectivity index (χ1v) is 20.0. The van der Waals surface area contributed by atoms with Crippen LogP contribution in [0, 0.1) is 22.7 Å². The lowest BCUT2D eigenvalue weighted by molar-refractivity contribution is -0.137.